The maximum Gasteiger partial charge on any atom is 0.313 e. The lowest BCUT2D eigenvalue weighted by atomic mass is 9.88. The Morgan fingerprint density at radius 3 is 1.80 bits per heavy atom. The summed E-state index contributed by atoms with van der Waals surface area (Å²) in [6.45, 7) is 6.79. The van der Waals surface area contributed by atoms with E-state index in [1.807, 2.05) is 37.3 Å². The summed E-state index contributed by atoms with van der Waals surface area (Å²) in [5, 5.41) is 106. The number of hydrogen-bond acceptors (Lipinski definition) is 16. The van der Waals surface area contributed by atoms with Gasteiger partial charge < -0.3 is 75.7 Å². The monoisotopic (exact) mass is 905 g/mol. The van der Waals surface area contributed by atoms with Crippen LogP contribution in [0.25, 0.3) is 0 Å². The average Bonchev–Trinajstić information content (AvgIpc) is 3.22. The molecule has 0 spiro atoms. The number of aliphatic carboxylic acids is 1. The fourth-order valence-corrected chi connectivity index (χ4v) is 7.52. The molecule has 3 rings (SSSR count). The van der Waals surface area contributed by atoms with Crippen LogP contribution in [0.5, 0.6) is 0 Å². The van der Waals surface area contributed by atoms with Crippen LogP contribution in [-0.4, -0.2) is 155 Å². The lowest BCUT2D eigenvalue weighted by Gasteiger charge is -2.41. The summed E-state index contributed by atoms with van der Waals surface area (Å²) in [5.41, 5.74) is 6.03. The van der Waals surface area contributed by atoms with E-state index in [9.17, 15) is 60.7 Å². The van der Waals surface area contributed by atoms with Gasteiger partial charge in [0, 0.05) is 31.1 Å². The molecule has 0 saturated carbocycles. The van der Waals surface area contributed by atoms with Crippen molar-refractivity contribution in [1.82, 2.24) is 0 Å². The van der Waals surface area contributed by atoms with Gasteiger partial charge in [-0.05, 0) is 39.2 Å². The van der Waals surface area contributed by atoms with Crippen molar-refractivity contribution in [3.8, 4) is 0 Å². The Morgan fingerprint density at radius 2 is 1.20 bits per heavy atom. The number of rotatable bonds is 3. The van der Waals surface area contributed by atoms with Gasteiger partial charge in [0.05, 0.1) is 79.3 Å². The molecule has 2 bridgehead atoms. The van der Waals surface area contributed by atoms with E-state index in [4.69, 9.17) is 24.7 Å². The first kappa shape index (κ1) is 54.5. The molecule has 0 unspecified atom stereocenters. The van der Waals surface area contributed by atoms with Crippen LogP contribution in [-0.2, 0) is 28.5 Å². The first-order chi connectivity index (χ1) is 30.3. The van der Waals surface area contributed by atoms with Crippen molar-refractivity contribution in [2.45, 2.75) is 164 Å². The van der Waals surface area contributed by atoms with E-state index in [0.717, 1.165) is 6.08 Å². The molecule has 0 aromatic rings. The van der Waals surface area contributed by atoms with Crippen molar-refractivity contribution in [2.75, 3.05) is 0 Å². The summed E-state index contributed by atoms with van der Waals surface area (Å²) < 4.78 is 23.3. The number of cyclic esters (lactones) is 1. The van der Waals surface area contributed by atoms with Gasteiger partial charge in [-0.2, -0.15) is 0 Å². The van der Waals surface area contributed by atoms with E-state index in [1.165, 1.54) is 0 Å². The van der Waals surface area contributed by atoms with E-state index in [2.05, 4.69) is 0 Å². The van der Waals surface area contributed by atoms with Crippen LogP contribution >= 0.6 is 0 Å². The molecule has 3 aliphatic heterocycles. The highest BCUT2D eigenvalue weighted by atomic mass is 16.7. The van der Waals surface area contributed by atoms with Crippen LogP contribution in [0.1, 0.15) is 72.6 Å². The summed E-state index contributed by atoms with van der Waals surface area (Å²) in [6.07, 6.45) is 7.39. The molecular weight excluding hydrogens is 835 g/mol. The summed E-state index contributed by atoms with van der Waals surface area (Å²) >= 11 is 0. The predicted octanol–water partition coefficient (Wildman–Crippen LogP) is 1.52. The molecule has 1 saturated heterocycles. The molecule has 12 N–H and O–H groups in total. The second kappa shape index (κ2) is 27.6. The van der Waals surface area contributed by atoms with Crippen LogP contribution < -0.4 is 5.73 Å². The third-order valence-electron chi connectivity index (χ3n) is 11.6. The number of esters is 1. The molecule has 1 fully saturated rings. The Balaban J connectivity index is 1.84. The number of ether oxygens (including phenoxy) is 4. The topological polar surface area (TPSA) is 299 Å². The first-order valence-electron chi connectivity index (χ1n) is 22.0. The van der Waals surface area contributed by atoms with Crippen LogP contribution in [0.15, 0.2) is 96.9 Å². The molecule has 64 heavy (non-hydrogen) atoms. The number of aliphatic hydroxyl groups is 9. The number of carbonyl (C=O) groups is 2. The zero-order valence-corrected chi connectivity index (χ0v) is 37.0. The lowest BCUT2D eigenvalue weighted by Crippen LogP contribution is -2.61. The standard InChI is InChI=1S/C47H71NO16/c1-27-17-15-13-11-9-7-5-6-8-10-12-14-16-18-34(64-47-45(58)42(48)44(57)30(4)62-47)26-39-41(46(59)60)38(54)25-35(63-39)22-33(51)23-37(53)36(52)20-19-31(49)21-32(50)24-40(55)61-29(3)28(2)43(27)56/h5-18,25,27-34,36-39,41-45,47,49-54,56-58H,19-24,26,48H2,1-4H3,(H,59,60)/b6-5+,9-7+,10-8+,13-11+,14-12+,17-15+,18-16+/t27-,28-,29-,30+,31+,32+,33+,34-,36+,37+,38-,39-,41+,42-,43+,44+,45-,47-/m0/s1. The molecule has 17 nitrogen and oxygen atoms in total. The number of carboxylic acid groups (broad SMARTS) is 1. The minimum absolute atomic E-state index is 0.0150. The highest BCUT2D eigenvalue weighted by Gasteiger charge is 2.44. The number of hydrogen-bond donors (Lipinski definition) is 11. The van der Waals surface area contributed by atoms with Crippen LogP contribution in [0.4, 0.5) is 0 Å². The maximum absolute atomic E-state index is 12.6. The molecule has 0 radical (unpaired) electrons. The SMILES string of the molecule is C[C@@H]1[C@H](O)[C@@H](C)/C=C/C=C/C=C/C=C/C=C/C=C/C=C/[C@H](O[C@@H]2O[C@H](C)[C@@H](O)[C@H](N)[C@@H]2O)C[C@@H]2OC(=C[C@H](O)[C@H]2C(=O)O)C[C@@H](O)C[C@@H](O)[C@H](O)CC[C@@H](O)C[C@@H](O)CC(=O)O[C@H]1C. The Hall–Kier alpha value is -3.82. The molecule has 360 valence electrons. The zero-order chi connectivity index (χ0) is 47.5. The molecule has 0 aromatic heterocycles. The second-order valence-electron chi connectivity index (χ2n) is 17.0. The van der Waals surface area contributed by atoms with Crippen LogP contribution in [0.2, 0.25) is 0 Å². The number of nitrogens with two attached hydrogens (primary N) is 1. The number of aliphatic hydroxyl groups excluding tert-OH is 9. The molecule has 0 aliphatic carbocycles. The molecule has 3 aliphatic rings. The predicted molar refractivity (Wildman–Crippen MR) is 236 cm³/mol. The number of carbonyl (C=O) groups excluding carboxylic acids is 1. The van der Waals surface area contributed by atoms with Gasteiger partial charge in [-0.25, -0.2) is 0 Å². The molecule has 17 heteroatoms. The Labute approximate surface area is 375 Å². The summed E-state index contributed by atoms with van der Waals surface area (Å²) in [4.78, 5) is 25.0. The van der Waals surface area contributed by atoms with Crippen molar-refractivity contribution in [1.29, 1.82) is 0 Å². The Kier molecular flexibility index (Phi) is 23.5. The van der Waals surface area contributed by atoms with Gasteiger partial charge in [0.1, 0.15) is 24.2 Å². The van der Waals surface area contributed by atoms with Gasteiger partial charge in [0.2, 0.25) is 0 Å². The van der Waals surface area contributed by atoms with E-state index >= 15 is 0 Å². The van der Waals surface area contributed by atoms with Gasteiger partial charge in [-0.1, -0.05) is 98.9 Å². The second-order valence-corrected chi connectivity index (χ2v) is 17.0. The summed E-state index contributed by atoms with van der Waals surface area (Å²) in [6, 6.07) is -1.11. The largest absolute Gasteiger partial charge is 0.494 e. The minimum Gasteiger partial charge on any atom is -0.494 e. The highest BCUT2D eigenvalue weighted by molar-refractivity contribution is 5.72. The molecule has 0 amide bonds. The first-order valence-corrected chi connectivity index (χ1v) is 22.0. The highest BCUT2D eigenvalue weighted by Crippen LogP contribution is 2.32. The van der Waals surface area contributed by atoms with Crippen molar-refractivity contribution in [3.05, 3.63) is 96.9 Å². The van der Waals surface area contributed by atoms with E-state index in [1.54, 1.807) is 75.5 Å². The van der Waals surface area contributed by atoms with Crippen molar-refractivity contribution in [3.63, 3.8) is 0 Å². The number of fused-ring (bicyclic) bond motifs is 2. The third kappa shape index (κ3) is 18.2. The minimum atomic E-state index is -1.56. The van der Waals surface area contributed by atoms with Gasteiger partial charge in [-0.3, -0.25) is 9.59 Å². The summed E-state index contributed by atoms with van der Waals surface area (Å²) in [5.74, 6) is -4.27. The summed E-state index contributed by atoms with van der Waals surface area (Å²) in [7, 11) is 0. The third-order valence-corrected chi connectivity index (χ3v) is 11.6. The smallest absolute Gasteiger partial charge is 0.313 e. The fraction of sp³-hybridized carbons (Fsp3) is 0.617. The van der Waals surface area contributed by atoms with Gasteiger partial charge in [-0.15, -0.1) is 0 Å². The Morgan fingerprint density at radius 1 is 0.641 bits per heavy atom. The molecule has 3 heterocycles. The van der Waals surface area contributed by atoms with E-state index < -0.39 is 122 Å². The average molecular weight is 906 g/mol. The van der Waals surface area contributed by atoms with Gasteiger partial charge >= 0.3 is 11.9 Å². The van der Waals surface area contributed by atoms with Crippen LogP contribution in [0.3, 0.4) is 0 Å². The number of allylic oxidation sites excluding steroid dienone is 12. The van der Waals surface area contributed by atoms with Gasteiger partial charge in [0.15, 0.2) is 6.29 Å². The van der Waals surface area contributed by atoms with Crippen LogP contribution in [0, 0.1) is 17.8 Å². The fourth-order valence-electron chi connectivity index (χ4n) is 7.52. The van der Waals surface area contributed by atoms with Crippen molar-refractivity contribution >= 4 is 11.9 Å². The van der Waals surface area contributed by atoms with Gasteiger partial charge in [0.25, 0.3) is 0 Å². The van der Waals surface area contributed by atoms with Crippen molar-refractivity contribution in [2.24, 2.45) is 23.5 Å². The maximum atomic E-state index is 12.6. The molecule has 18 atom stereocenters. The molecule has 0 aromatic carbocycles. The number of carboxylic acids is 1. The van der Waals surface area contributed by atoms with E-state index in [-0.39, 0.29) is 50.2 Å². The van der Waals surface area contributed by atoms with Crippen molar-refractivity contribution < 1.29 is 79.6 Å². The Bertz CT molecular complexity index is 1670. The quantitative estimate of drug-likeness (QED) is 0.179. The molecular formula is C47H71NO16. The normalized spacial score (nSPS) is 43.5. The zero-order valence-electron chi connectivity index (χ0n) is 37.0. The van der Waals surface area contributed by atoms with E-state index in [0.29, 0.717) is 0 Å². The lowest BCUT2D eigenvalue weighted by molar-refractivity contribution is -0.277.